The van der Waals surface area contributed by atoms with Gasteiger partial charge in [0.1, 0.15) is 10.1 Å². The number of hydrogen-bond acceptors (Lipinski definition) is 5. The van der Waals surface area contributed by atoms with Crippen LogP contribution < -0.4 is 10.1 Å². The van der Waals surface area contributed by atoms with Crippen molar-refractivity contribution < 1.29 is 9.53 Å². The lowest BCUT2D eigenvalue weighted by Crippen LogP contribution is -2.33. The molecule has 0 radical (unpaired) electrons. The molecule has 0 aliphatic carbocycles. The molecule has 2 aromatic rings. The Labute approximate surface area is 155 Å². The maximum absolute atomic E-state index is 12.4. The molecule has 0 spiro atoms. The summed E-state index contributed by atoms with van der Waals surface area (Å²) in [6, 6.07) is 16.1. The normalized spacial score (nSPS) is 18.4. The van der Waals surface area contributed by atoms with Gasteiger partial charge in [-0.25, -0.2) is 4.99 Å². The second-order valence-electron chi connectivity index (χ2n) is 5.88. The van der Waals surface area contributed by atoms with Gasteiger partial charge in [-0.05, 0) is 17.7 Å². The van der Waals surface area contributed by atoms with E-state index in [1.165, 1.54) is 17.3 Å². The van der Waals surface area contributed by atoms with Crippen LogP contribution in [-0.2, 0) is 10.5 Å². The van der Waals surface area contributed by atoms with Crippen molar-refractivity contribution in [1.29, 1.82) is 0 Å². The maximum atomic E-state index is 12.4. The Morgan fingerprint density at radius 3 is 3.04 bits per heavy atom. The van der Waals surface area contributed by atoms with Crippen LogP contribution in [-0.4, -0.2) is 22.6 Å². The Kier molecular flexibility index (Phi) is 4.99. The van der Waals surface area contributed by atoms with Gasteiger partial charge in [0.05, 0.1) is 24.1 Å². The number of fused-ring (bicyclic) bond motifs is 2. The summed E-state index contributed by atoms with van der Waals surface area (Å²) in [5.41, 5.74) is 3.33. The molecule has 4 rings (SSSR count). The fourth-order valence-corrected chi connectivity index (χ4v) is 4.81. The molecule has 1 unspecified atom stereocenters. The number of carbonyl (C=O) groups is 1. The summed E-state index contributed by atoms with van der Waals surface area (Å²) in [6.07, 6.45) is 0.802. The number of ether oxygens (including phenoxy) is 1. The van der Waals surface area contributed by atoms with Gasteiger partial charge >= 0.3 is 0 Å². The monoisotopic (exact) mass is 370 g/mol. The lowest BCUT2D eigenvalue weighted by Gasteiger charge is -2.26. The number of para-hydroxylation sites is 2. The van der Waals surface area contributed by atoms with Gasteiger partial charge in [0.15, 0.2) is 0 Å². The predicted molar refractivity (Wildman–Crippen MR) is 105 cm³/mol. The minimum atomic E-state index is 0.0275. The Bertz CT molecular complexity index is 823. The van der Waals surface area contributed by atoms with E-state index in [4.69, 9.17) is 4.74 Å². The minimum absolute atomic E-state index is 0.0275. The van der Waals surface area contributed by atoms with E-state index >= 15 is 0 Å². The predicted octanol–water partition coefficient (Wildman–Crippen LogP) is 4.29. The van der Waals surface area contributed by atoms with E-state index in [0.717, 1.165) is 33.5 Å². The molecule has 25 heavy (non-hydrogen) atoms. The van der Waals surface area contributed by atoms with Crippen molar-refractivity contribution in [3.8, 4) is 5.75 Å². The Morgan fingerprint density at radius 1 is 1.24 bits per heavy atom. The van der Waals surface area contributed by atoms with Crippen LogP contribution in [0.4, 0.5) is 5.69 Å². The first kappa shape index (κ1) is 16.5. The highest BCUT2D eigenvalue weighted by Gasteiger charge is 2.23. The minimum Gasteiger partial charge on any atom is -0.493 e. The highest BCUT2D eigenvalue weighted by Crippen LogP contribution is 2.35. The van der Waals surface area contributed by atoms with Crippen LogP contribution in [0.15, 0.2) is 53.5 Å². The lowest BCUT2D eigenvalue weighted by atomic mass is 10.0. The zero-order chi connectivity index (χ0) is 17.1. The number of benzene rings is 2. The Balaban J connectivity index is 1.36. The molecule has 0 saturated heterocycles. The number of amides is 1. The van der Waals surface area contributed by atoms with Gasteiger partial charge in [-0.2, -0.15) is 0 Å². The van der Waals surface area contributed by atoms with E-state index in [0.29, 0.717) is 12.4 Å². The Morgan fingerprint density at radius 2 is 2.08 bits per heavy atom. The van der Waals surface area contributed by atoms with Crippen LogP contribution in [0.2, 0.25) is 0 Å². The molecule has 1 amide bonds. The molecule has 4 nitrogen and oxygen atoms in total. The third-order valence-corrected chi connectivity index (χ3v) is 6.42. The summed E-state index contributed by atoms with van der Waals surface area (Å²) in [5, 5.41) is 3.13. The van der Waals surface area contributed by atoms with Gasteiger partial charge in [0.25, 0.3) is 0 Å². The number of aliphatic imine (C=N–C) groups is 1. The van der Waals surface area contributed by atoms with Crippen LogP contribution in [0.25, 0.3) is 0 Å². The molecule has 128 valence electrons. The second-order valence-corrected chi connectivity index (χ2v) is 8.07. The van der Waals surface area contributed by atoms with Crippen molar-refractivity contribution in [2.24, 2.45) is 4.99 Å². The first-order valence-corrected chi connectivity index (χ1v) is 10.2. The summed E-state index contributed by atoms with van der Waals surface area (Å²) in [5.74, 6) is 2.20. The van der Waals surface area contributed by atoms with Crippen LogP contribution in [0.3, 0.4) is 0 Å². The quantitative estimate of drug-likeness (QED) is 0.875. The van der Waals surface area contributed by atoms with Crippen molar-refractivity contribution in [3.05, 3.63) is 59.7 Å². The third kappa shape index (κ3) is 3.85. The summed E-state index contributed by atoms with van der Waals surface area (Å²) >= 11 is 3.20. The smallest absolute Gasteiger partial charge is 0.230 e. The van der Waals surface area contributed by atoms with Crippen molar-refractivity contribution >= 4 is 39.5 Å². The average molecular weight is 370 g/mol. The number of carbonyl (C=O) groups excluding carboxylic acids is 1. The van der Waals surface area contributed by atoms with Crippen molar-refractivity contribution in [1.82, 2.24) is 5.32 Å². The maximum Gasteiger partial charge on any atom is 0.230 e. The molecule has 0 fully saturated rings. The fraction of sp³-hybridized carbons (Fsp3) is 0.263. The molecule has 6 heteroatoms. The SMILES string of the molecule is O=C(CSC1=Nc2ccccc2CS1)NC1CCOc2ccccc21. The summed E-state index contributed by atoms with van der Waals surface area (Å²) in [6.45, 7) is 0.633. The summed E-state index contributed by atoms with van der Waals surface area (Å²) < 4.78 is 6.60. The summed E-state index contributed by atoms with van der Waals surface area (Å²) in [7, 11) is 0. The van der Waals surface area contributed by atoms with Crippen LogP contribution in [0.5, 0.6) is 5.75 Å². The van der Waals surface area contributed by atoms with E-state index in [2.05, 4.69) is 16.4 Å². The third-order valence-electron chi connectivity index (χ3n) is 4.17. The highest BCUT2D eigenvalue weighted by atomic mass is 32.2. The van der Waals surface area contributed by atoms with Crippen LogP contribution in [0.1, 0.15) is 23.6 Å². The first-order chi connectivity index (χ1) is 12.3. The number of thioether (sulfide) groups is 2. The molecule has 2 aliphatic heterocycles. The topological polar surface area (TPSA) is 50.7 Å². The number of rotatable bonds is 3. The molecule has 2 heterocycles. The van der Waals surface area contributed by atoms with E-state index < -0.39 is 0 Å². The molecule has 2 aromatic carbocycles. The fourth-order valence-electron chi connectivity index (χ4n) is 2.94. The van der Waals surface area contributed by atoms with Crippen molar-refractivity contribution in [2.45, 2.75) is 18.2 Å². The van der Waals surface area contributed by atoms with E-state index in [-0.39, 0.29) is 11.9 Å². The van der Waals surface area contributed by atoms with E-state index in [1.54, 1.807) is 11.8 Å². The van der Waals surface area contributed by atoms with Crippen molar-refractivity contribution in [3.63, 3.8) is 0 Å². The number of nitrogens with zero attached hydrogens (tertiary/aromatic N) is 1. The zero-order valence-corrected chi connectivity index (χ0v) is 15.2. The highest BCUT2D eigenvalue weighted by molar-refractivity contribution is 8.38. The van der Waals surface area contributed by atoms with Crippen LogP contribution in [0, 0.1) is 0 Å². The molecular formula is C19H18N2O2S2. The zero-order valence-electron chi connectivity index (χ0n) is 13.6. The van der Waals surface area contributed by atoms with Gasteiger partial charge in [-0.3, -0.25) is 4.79 Å². The summed E-state index contributed by atoms with van der Waals surface area (Å²) in [4.78, 5) is 17.0. The standard InChI is InChI=1S/C19H18N2O2S2/c22-18(20-16-9-10-23-17-8-4-2-6-14(16)17)12-25-19-21-15-7-3-1-5-13(15)11-24-19/h1-8,16H,9-12H2,(H,20,22). The lowest BCUT2D eigenvalue weighted by molar-refractivity contribution is -0.119. The van der Waals surface area contributed by atoms with Gasteiger partial charge in [-0.15, -0.1) is 0 Å². The number of nitrogens with one attached hydrogen (secondary N) is 1. The van der Waals surface area contributed by atoms with Gasteiger partial charge in [-0.1, -0.05) is 59.9 Å². The van der Waals surface area contributed by atoms with E-state index in [9.17, 15) is 4.79 Å². The molecule has 0 aromatic heterocycles. The molecule has 0 bridgehead atoms. The van der Waals surface area contributed by atoms with Crippen molar-refractivity contribution in [2.75, 3.05) is 12.4 Å². The average Bonchev–Trinajstić information content (AvgIpc) is 2.66. The van der Waals surface area contributed by atoms with Gasteiger partial charge < -0.3 is 10.1 Å². The molecule has 0 saturated carbocycles. The molecule has 1 N–H and O–H groups in total. The molecular weight excluding hydrogens is 352 g/mol. The first-order valence-electron chi connectivity index (χ1n) is 8.23. The largest absolute Gasteiger partial charge is 0.493 e. The van der Waals surface area contributed by atoms with Gasteiger partial charge in [0.2, 0.25) is 5.91 Å². The molecule has 2 aliphatic rings. The number of hydrogen-bond donors (Lipinski definition) is 1. The second kappa shape index (κ2) is 7.54. The Hall–Kier alpha value is -1.92. The molecule has 1 atom stereocenters. The van der Waals surface area contributed by atoms with Crippen LogP contribution >= 0.6 is 23.5 Å². The van der Waals surface area contributed by atoms with E-state index in [1.807, 2.05) is 42.5 Å². The van der Waals surface area contributed by atoms with Gasteiger partial charge in [0, 0.05) is 17.7 Å².